The molecule has 1 heterocycles. The van der Waals surface area contributed by atoms with Crippen LogP contribution in [0.3, 0.4) is 0 Å². The maximum atomic E-state index is 13.0. The van der Waals surface area contributed by atoms with Crippen molar-refractivity contribution in [1.82, 2.24) is 0 Å². The average molecular weight is 383 g/mol. The number of amides is 1. The molecule has 0 radical (unpaired) electrons. The number of hydrogen-bond acceptors (Lipinski definition) is 5. The number of methoxy groups -OCH3 is 1. The number of benzene rings is 2. The first-order chi connectivity index (χ1) is 12.4. The normalized spacial score (nSPS) is 16.0. The van der Waals surface area contributed by atoms with Crippen molar-refractivity contribution in [3.05, 3.63) is 64.6 Å². The van der Waals surface area contributed by atoms with Gasteiger partial charge in [0, 0.05) is 5.56 Å². The first-order valence-corrected chi connectivity index (χ1v) is 9.17. The lowest BCUT2D eigenvalue weighted by Crippen LogP contribution is -2.27. The fourth-order valence-corrected chi connectivity index (χ4v) is 4.00. The summed E-state index contributed by atoms with van der Waals surface area (Å²) >= 11 is 6.70. The topological polar surface area (TPSA) is 46.6 Å². The molecule has 2 aromatic rings. The van der Waals surface area contributed by atoms with E-state index in [0.29, 0.717) is 20.5 Å². The highest BCUT2D eigenvalue weighted by atomic mass is 32.2. The van der Waals surface area contributed by atoms with Gasteiger partial charge in [-0.3, -0.25) is 14.5 Å². The van der Waals surface area contributed by atoms with Crippen molar-refractivity contribution in [2.45, 2.75) is 13.8 Å². The standard InChI is InChI=1S/C20H17NO3S2/c1-12(14-7-9-17(24-3)10-8-14)18-19(23)21(20(25)26-18)16-6-4-5-15(11-16)13(2)22/h4-11H,1-3H3/b18-12-. The van der Waals surface area contributed by atoms with Crippen LogP contribution in [-0.4, -0.2) is 23.1 Å². The summed E-state index contributed by atoms with van der Waals surface area (Å²) in [5.41, 5.74) is 2.95. The molecule has 1 aliphatic rings. The molecule has 0 aromatic heterocycles. The molecule has 0 unspecified atom stereocenters. The van der Waals surface area contributed by atoms with Gasteiger partial charge in [-0.1, -0.05) is 48.2 Å². The number of thioether (sulfide) groups is 1. The van der Waals surface area contributed by atoms with Crippen molar-refractivity contribution in [1.29, 1.82) is 0 Å². The van der Waals surface area contributed by atoms with E-state index < -0.39 is 0 Å². The maximum absolute atomic E-state index is 13.0. The Hall–Kier alpha value is -2.44. The highest BCUT2D eigenvalue weighted by Gasteiger charge is 2.35. The van der Waals surface area contributed by atoms with E-state index in [1.54, 1.807) is 31.4 Å². The quantitative estimate of drug-likeness (QED) is 0.435. The Bertz CT molecular complexity index is 932. The molecule has 0 N–H and O–H groups in total. The molecule has 0 saturated carbocycles. The van der Waals surface area contributed by atoms with Crippen molar-refractivity contribution in [2.75, 3.05) is 12.0 Å². The molecule has 4 nitrogen and oxygen atoms in total. The van der Waals surface area contributed by atoms with Crippen LogP contribution in [0.4, 0.5) is 5.69 Å². The van der Waals surface area contributed by atoms with Crippen molar-refractivity contribution >= 4 is 51.3 Å². The van der Waals surface area contributed by atoms with Gasteiger partial charge in [-0.25, -0.2) is 0 Å². The Morgan fingerprint density at radius 1 is 1.08 bits per heavy atom. The summed E-state index contributed by atoms with van der Waals surface area (Å²) < 4.78 is 5.63. The zero-order chi connectivity index (χ0) is 18.8. The SMILES string of the molecule is COc1ccc(/C(C)=C2\SC(=S)N(c3cccc(C(C)=O)c3)C2=O)cc1. The van der Waals surface area contributed by atoms with Crippen LogP contribution in [0.15, 0.2) is 53.4 Å². The maximum Gasteiger partial charge on any atom is 0.271 e. The minimum absolute atomic E-state index is 0.0535. The first kappa shape index (κ1) is 18.4. The third-order valence-electron chi connectivity index (χ3n) is 4.14. The van der Waals surface area contributed by atoms with Gasteiger partial charge in [0.15, 0.2) is 10.1 Å². The lowest BCUT2D eigenvalue weighted by atomic mass is 10.1. The van der Waals surface area contributed by atoms with Gasteiger partial charge < -0.3 is 4.74 Å². The molecule has 2 aromatic carbocycles. The van der Waals surface area contributed by atoms with Gasteiger partial charge in [0.05, 0.1) is 17.7 Å². The predicted molar refractivity (Wildman–Crippen MR) is 110 cm³/mol. The Balaban J connectivity index is 1.97. The summed E-state index contributed by atoms with van der Waals surface area (Å²) in [6, 6.07) is 14.5. The van der Waals surface area contributed by atoms with E-state index in [1.165, 1.54) is 23.6 Å². The van der Waals surface area contributed by atoms with Gasteiger partial charge in [-0.15, -0.1) is 0 Å². The number of allylic oxidation sites excluding steroid dienone is 1. The molecule has 0 bridgehead atoms. The molecule has 1 amide bonds. The molecular formula is C20H17NO3S2. The molecule has 1 saturated heterocycles. The molecule has 0 spiro atoms. The van der Waals surface area contributed by atoms with Crippen molar-refractivity contribution in [3.63, 3.8) is 0 Å². The average Bonchev–Trinajstić information content (AvgIpc) is 2.95. The van der Waals surface area contributed by atoms with E-state index in [-0.39, 0.29) is 11.7 Å². The van der Waals surface area contributed by atoms with Crippen molar-refractivity contribution in [3.8, 4) is 5.75 Å². The molecule has 0 aliphatic carbocycles. The van der Waals surface area contributed by atoms with E-state index in [4.69, 9.17) is 17.0 Å². The molecule has 1 aliphatic heterocycles. The smallest absolute Gasteiger partial charge is 0.271 e. The van der Waals surface area contributed by atoms with Crippen LogP contribution >= 0.6 is 24.0 Å². The predicted octanol–water partition coefficient (Wildman–Crippen LogP) is 4.69. The largest absolute Gasteiger partial charge is 0.497 e. The molecule has 1 fully saturated rings. The summed E-state index contributed by atoms with van der Waals surface area (Å²) in [4.78, 5) is 26.7. The fraction of sp³-hybridized carbons (Fsp3) is 0.150. The van der Waals surface area contributed by atoms with Crippen LogP contribution in [0.2, 0.25) is 0 Å². The highest BCUT2D eigenvalue weighted by Crippen LogP contribution is 2.39. The Kier molecular flexibility index (Phi) is 5.25. The second kappa shape index (κ2) is 7.43. The second-order valence-electron chi connectivity index (χ2n) is 5.80. The van der Waals surface area contributed by atoms with Crippen molar-refractivity contribution < 1.29 is 14.3 Å². The molecule has 3 rings (SSSR count). The van der Waals surface area contributed by atoms with Crippen LogP contribution in [-0.2, 0) is 4.79 Å². The zero-order valence-electron chi connectivity index (χ0n) is 14.6. The number of rotatable bonds is 4. The number of Topliss-reactive ketones (excluding diaryl/α,β-unsaturated/α-hetero) is 1. The molecule has 6 heteroatoms. The molecule has 0 atom stereocenters. The Morgan fingerprint density at radius 2 is 1.77 bits per heavy atom. The van der Waals surface area contributed by atoms with Gasteiger partial charge in [0.2, 0.25) is 0 Å². The Labute approximate surface area is 161 Å². The van der Waals surface area contributed by atoms with E-state index >= 15 is 0 Å². The first-order valence-electron chi connectivity index (χ1n) is 7.95. The summed E-state index contributed by atoms with van der Waals surface area (Å²) in [7, 11) is 1.61. The van der Waals surface area contributed by atoms with E-state index in [1.807, 2.05) is 31.2 Å². The number of ketones is 1. The highest BCUT2D eigenvalue weighted by molar-refractivity contribution is 8.27. The summed E-state index contributed by atoms with van der Waals surface area (Å²) in [6.45, 7) is 3.40. The van der Waals surface area contributed by atoms with Gasteiger partial charge in [0.25, 0.3) is 5.91 Å². The fourth-order valence-electron chi connectivity index (χ4n) is 2.66. The van der Waals surface area contributed by atoms with E-state index in [0.717, 1.165) is 16.9 Å². The number of thiocarbonyl (C=S) groups is 1. The lowest BCUT2D eigenvalue weighted by molar-refractivity contribution is -0.113. The number of anilines is 1. The van der Waals surface area contributed by atoms with E-state index in [2.05, 4.69) is 0 Å². The minimum atomic E-state index is -0.172. The van der Waals surface area contributed by atoms with Crippen LogP contribution in [0, 0.1) is 0 Å². The summed E-state index contributed by atoms with van der Waals surface area (Å²) in [5.74, 6) is 0.534. The lowest BCUT2D eigenvalue weighted by Gasteiger charge is -2.15. The summed E-state index contributed by atoms with van der Waals surface area (Å²) in [5, 5.41) is 0. The van der Waals surface area contributed by atoms with Crippen molar-refractivity contribution in [2.24, 2.45) is 0 Å². The van der Waals surface area contributed by atoms with Crippen LogP contribution in [0.5, 0.6) is 5.75 Å². The summed E-state index contributed by atoms with van der Waals surface area (Å²) in [6.07, 6.45) is 0. The Morgan fingerprint density at radius 3 is 2.38 bits per heavy atom. The minimum Gasteiger partial charge on any atom is -0.497 e. The number of carbonyl (C=O) groups excluding carboxylic acids is 2. The molecular weight excluding hydrogens is 366 g/mol. The van der Waals surface area contributed by atoms with Gasteiger partial charge >= 0.3 is 0 Å². The zero-order valence-corrected chi connectivity index (χ0v) is 16.2. The second-order valence-corrected chi connectivity index (χ2v) is 7.44. The van der Waals surface area contributed by atoms with Gasteiger partial charge in [-0.05, 0) is 49.2 Å². The number of nitrogens with zero attached hydrogens (tertiary/aromatic N) is 1. The van der Waals surface area contributed by atoms with Gasteiger partial charge in [0.1, 0.15) is 5.75 Å². The monoisotopic (exact) mass is 383 g/mol. The van der Waals surface area contributed by atoms with Crippen LogP contribution in [0.1, 0.15) is 29.8 Å². The molecule has 26 heavy (non-hydrogen) atoms. The third kappa shape index (κ3) is 3.43. The van der Waals surface area contributed by atoms with E-state index in [9.17, 15) is 9.59 Å². The van der Waals surface area contributed by atoms with Crippen LogP contribution < -0.4 is 9.64 Å². The third-order valence-corrected chi connectivity index (χ3v) is 5.62. The number of ether oxygens (including phenoxy) is 1. The van der Waals surface area contributed by atoms with Crippen LogP contribution in [0.25, 0.3) is 5.57 Å². The van der Waals surface area contributed by atoms with Gasteiger partial charge in [-0.2, -0.15) is 0 Å². The number of hydrogen-bond donors (Lipinski definition) is 0. The molecule has 132 valence electrons. The number of carbonyl (C=O) groups is 2.